The molecule has 0 amide bonds. The van der Waals surface area contributed by atoms with Gasteiger partial charge in [-0.15, -0.1) is 24.0 Å². The van der Waals surface area contributed by atoms with Gasteiger partial charge in [-0.05, 0) is 33.4 Å². The fourth-order valence-electron chi connectivity index (χ4n) is 1.52. The van der Waals surface area contributed by atoms with Crippen LogP contribution in [0, 0.1) is 0 Å². The van der Waals surface area contributed by atoms with Crippen molar-refractivity contribution < 1.29 is 0 Å². The molecule has 0 saturated carbocycles. The van der Waals surface area contributed by atoms with E-state index in [-0.39, 0.29) is 12.4 Å². The van der Waals surface area contributed by atoms with Crippen molar-refractivity contribution in [3.63, 3.8) is 0 Å². The summed E-state index contributed by atoms with van der Waals surface area (Å²) in [6, 6.07) is 0.631. The number of alkyl halides is 1. The summed E-state index contributed by atoms with van der Waals surface area (Å²) in [6.45, 7) is 3.30. The van der Waals surface area contributed by atoms with Crippen LogP contribution in [0.1, 0.15) is 19.8 Å². The van der Waals surface area contributed by atoms with E-state index in [0.717, 1.165) is 0 Å². The molecule has 0 aliphatic carbocycles. The molecule has 0 radical (unpaired) electrons. The average molecular weight is 184 g/mol. The predicted molar refractivity (Wildman–Crippen MR) is 48.2 cm³/mol. The monoisotopic (exact) mass is 183 g/mol. The number of likely N-dealkylation sites (tertiary alicyclic amines) is 1. The molecule has 2 atom stereocenters. The quantitative estimate of drug-likeness (QED) is 0.564. The summed E-state index contributed by atoms with van der Waals surface area (Å²) in [5.74, 6) is 0. The highest BCUT2D eigenvalue weighted by Gasteiger charge is 2.24. The van der Waals surface area contributed by atoms with Gasteiger partial charge in [0.05, 0.1) is 0 Å². The molecule has 1 aliphatic rings. The van der Waals surface area contributed by atoms with E-state index in [4.69, 9.17) is 11.6 Å². The zero-order valence-corrected chi connectivity index (χ0v) is 8.08. The second-order valence-corrected chi connectivity index (χ2v) is 3.56. The highest BCUT2D eigenvalue weighted by molar-refractivity contribution is 6.20. The van der Waals surface area contributed by atoms with E-state index >= 15 is 0 Å². The molecule has 0 N–H and O–H groups in total. The molecule has 0 spiro atoms. The van der Waals surface area contributed by atoms with Gasteiger partial charge in [0.15, 0.2) is 0 Å². The Morgan fingerprint density at radius 1 is 1.60 bits per heavy atom. The molecule has 2 unspecified atom stereocenters. The lowest BCUT2D eigenvalue weighted by Gasteiger charge is -2.20. The zero-order chi connectivity index (χ0) is 6.85. The van der Waals surface area contributed by atoms with Crippen molar-refractivity contribution in [2.45, 2.75) is 31.2 Å². The van der Waals surface area contributed by atoms with Crippen LogP contribution in [0.15, 0.2) is 0 Å². The summed E-state index contributed by atoms with van der Waals surface area (Å²) in [5, 5.41) is 0.317. The molecular formula is C7H15Cl2N. The Labute approximate surface area is 74.1 Å². The van der Waals surface area contributed by atoms with E-state index in [0.29, 0.717) is 11.4 Å². The standard InChI is InChI=1S/C7H14ClN.ClH/c1-6(8)7-4-3-5-9(7)2;/h6-7H,3-5H2,1-2H3;1H. The Bertz CT molecular complexity index is 95.6. The van der Waals surface area contributed by atoms with Gasteiger partial charge in [0.25, 0.3) is 0 Å². The van der Waals surface area contributed by atoms with E-state index in [9.17, 15) is 0 Å². The van der Waals surface area contributed by atoms with E-state index < -0.39 is 0 Å². The topological polar surface area (TPSA) is 3.24 Å². The number of rotatable bonds is 1. The number of halogens is 2. The van der Waals surface area contributed by atoms with Gasteiger partial charge in [0.2, 0.25) is 0 Å². The molecule has 3 heteroatoms. The highest BCUT2D eigenvalue weighted by atomic mass is 35.5. The van der Waals surface area contributed by atoms with Gasteiger partial charge in [-0.3, -0.25) is 0 Å². The minimum atomic E-state index is 0. The molecular weight excluding hydrogens is 169 g/mol. The fraction of sp³-hybridized carbons (Fsp3) is 1.00. The second kappa shape index (κ2) is 4.42. The van der Waals surface area contributed by atoms with Crippen molar-refractivity contribution in [2.75, 3.05) is 13.6 Å². The summed E-state index contributed by atoms with van der Waals surface area (Å²) in [7, 11) is 2.15. The molecule has 0 aromatic carbocycles. The summed E-state index contributed by atoms with van der Waals surface area (Å²) in [6.07, 6.45) is 2.60. The Morgan fingerprint density at radius 3 is 2.40 bits per heavy atom. The van der Waals surface area contributed by atoms with Crippen molar-refractivity contribution in [3.05, 3.63) is 0 Å². The summed E-state index contributed by atoms with van der Waals surface area (Å²) in [4.78, 5) is 2.34. The lowest BCUT2D eigenvalue weighted by atomic mass is 10.2. The highest BCUT2D eigenvalue weighted by Crippen LogP contribution is 2.20. The van der Waals surface area contributed by atoms with Crippen LogP contribution in [-0.2, 0) is 0 Å². The molecule has 0 bridgehead atoms. The van der Waals surface area contributed by atoms with Gasteiger partial charge in [-0.1, -0.05) is 0 Å². The van der Waals surface area contributed by atoms with E-state index in [2.05, 4.69) is 18.9 Å². The van der Waals surface area contributed by atoms with Crippen molar-refractivity contribution in [1.82, 2.24) is 4.90 Å². The Balaban J connectivity index is 0.000000810. The van der Waals surface area contributed by atoms with Crippen LogP contribution < -0.4 is 0 Å². The molecule has 0 aromatic rings. The van der Waals surface area contributed by atoms with Gasteiger partial charge in [-0.2, -0.15) is 0 Å². The molecule has 1 aliphatic heterocycles. The predicted octanol–water partition coefficient (Wildman–Crippen LogP) is 2.13. The van der Waals surface area contributed by atoms with Crippen molar-refractivity contribution >= 4 is 24.0 Å². The van der Waals surface area contributed by atoms with Crippen molar-refractivity contribution in [2.24, 2.45) is 0 Å². The van der Waals surface area contributed by atoms with Crippen LogP contribution in [0.4, 0.5) is 0 Å². The maximum absolute atomic E-state index is 5.94. The van der Waals surface area contributed by atoms with Crippen molar-refractivity contribution in [1.29, 1.82) is 0 Å². The third kappa shape index (κ3) is 2.30. The fourth-order valence-corrected chi connectivity index (χ4v) is 1.83. The third-order valence-corrected chi connectivity index (χ3v) is 2.40. The van der Waals surface area contributed by atoms with Gasteiger partial charge < -0.3 is 4.90 Å². The van der Waals surface area contributed by atoms with Crippen LogP contribution in [0.3, 0.4) is 0 Å². The minimum Gasteiger partial charge on any atom is -0.302 e. The smallest absolute Gasteiger partial charge is 0.0463 e. The molecule has 62 valence electrons. The average Bonchev–Trinajstić information content (AvgIpc) is 2.13. The first-order chi connectivity index (χ1) is 4.22. The minimum absolute atomic E-state index is 0. The molecule has 1 rings (SSSR count). The molecule has 10 heavy (non-hydrogen) atoms. The molecule has 1 heterocycles. The van der Waals surface area contributed by atoms with Crippen molar-refractivity contribution in [3.8, 4) is 0 Å². The maximum Gasteiger partial charge on any atom is 0.0463 e. The summed E-state index contributed by atoms with van der Waals surface area (Å²) in [5.41, 5.74) is 0. The van der Waals surface area contributed by atoms with E-state index in [1.807, 2.05) is 0 Å². The number of nitrogens with zero attached hydrogens (tertiary/aromatic N) is 1. The lowest BCUT2D eigenvalue weighted by Crippen LogP contribution is -2.31. The molecule has 0 aromatic heterocycles. The van der Waals surface area contributed by atoms with E-state index in [1.54, 1.807) is 0 Å². The largest absolute Gasteiger partial charge is 0.302 e. The maximum atomic E-state index is 5.94. The SMILES string of the molecule is CC(Cl)C1CCCN1C.Cl. The van der Waals surface area contributed by atoms with Gasteiger partial charge in [-0.25, -0.2) is 0 Å². The van der Waals surface area contributed by atoms with Crippen LogP contribution in [0.25, 0.3) is 0 Å². The van der Waals surface area contributed by atoms with Gasteiger partial charge >= 0.3 is 0 Å². The van der Waals surface area contributed by atoms with Gasteiger partial charge in [0, 0.05) is 11.4 Å². The summed E-state index contributed by atoms with van der Waals surface area (Å²) < 4.78 is 0. The summed E-state index contributed by atoms with van der Waals surface area (Å²) >= 11 is 5.94. The number of hydrogen-bond donors (Lipinski definition) is 0. The van der Waals surface area contributed by atoms with Crippen LogP contribution in [-0.4, -0.2) is 29.9 Å². The first kappa shape index (κ1) is 10.5. The van der Waals surface area contributed by atoms with Crippen LogP contribution in [0.5, 0.6) is 0 Å². The molecule has 1 nitrogen and oxygen atoms in total. The zero-order valence-electron chi connectivity index (χ0n) is 6.51. The third-order valence-electron chi connectivity index (χ3n) is 2.11. The Hall–Kier alpha value is 0.540. The van der Waals surface area contributed by atoms with Gasteiger partial charge in [0.1, 0.15) is 0 Å². The lowest BCUT2D eigenvalue weighted by molar-refractivity contribution is 0.307. The number of hydrogen-bond acceptors (Lipinski definition) is 1. The molecule has 1 fully saturated rings. The Morgan fingerprint density at radius 2 is 2.20 bits per heavy atom. The Kier molecular flexibility index (Phi) is 4.66. The van der Waals surface area contributed by atoms with Crippen LogP contribution in [0.2, 0.25) is 0 Å². The van der Waals surface area contributed by atoms with E-state index in [1.165, 1.54) is 19.4 Å². The normalized spacial score (nSPS) is 29.7. The first-order valence-electron chi connectivity index (χ1n) is 3.56. The first-order valence-corrected chi connectivity index (χ1v) is 4.00. The second-order valence-electron chi connectivity index (χ2n) is 2.87. The van der Waals surface area contributed by atoms with Crippen LogP contribution >= 0.6 is 24.0 Å². The molecule has 1 saturated heterocycles.